The summed E-state index contributed by atoms with van der Waals surface area (Å²) in [6.45, 7) is 6.10. The molecular weight excluding hydrogens is 534 g/mol. The van der Waals surface area contributed by atoms with E-state index in [2.05, 4.69) is 28.9 Å². The number of hydrogen-bond acceptors (Lipinski definition) is 10. The van der Waals surface area contributed by atoms with Crippen LogP contribution in [0, 0.1) is 0 Å². The number of likely N-dealkylation sites (tertiary alicyclic amines) is 1. The van der Waals surface area contributed by atoms with Gasteiger partial charge in [-0.25, -0.2) is 14.6 Å². The third-order valence-electron chi connectivity index (χ3n) is 10.9. The van der Waals surface area contributed by atoms with Crippen molar-refractivity contribution < 1.29 is 19.2 Å². The fourth-order valence-electron chi connectivity index (χ4n) is 8.57. The minimum Gasteiger partial charge on any atom is -0.474 e. The number of likely N-dealkylation sites (N-methyl/N-ethyl adjacent to an activating group) is 1. The number of piperidine rings is 1. The highest BCUT2D eigenvalue weighted by molar-refractivity contribution is 5.95. The van der Waals surface area contributed by atoms with Crippen molar-refractivity contribution >= 4 is 22.6 Å². The Morgan fingerprint density at radius 1 is 1.07 bits per heavy atom. The number of carbonyl (C=O) groups is 1. The monoisotopic (exact) mass is 575 g/mol. The number of nitrogens with zero attached hydrogens (tertiary/aromatic N) is 7. The van der Waals surface area contributed by atoms with Crippen LogP contribution in [0.3, 0.4) is 0 Å². The predicted molar refractivity (Wildman–Crippen MR) is 156 cm³/mol. The molecule has 8 rings (SSSR count). The summed E-state index contributed by atoms with van der Waals surface area (Å²) in [5.74, 6) is 2.81. The molecule has 3 aromatic heterocycles. The first-order chi connectivity index (χ1) is 20.3. The van der Waals surface area contributed by atoms with Gasteiger partial charge in [0, 0.05) is 24.6 Å². The van der Waals surface area contributed by atoms with E-state index in [0.717, 1.165) is 92.5 Å². The minimum absolute atomic E-state index is 0.0713. The molecule has 3 aromatic rings. The highest BCUT2D eigenvalue weighted by Crippen LogP contribution is 2.48. The van der Waals surface area contributed by atoms with Crippen molar-refractivity contribution in [3.63, 3.8) is 0 Å². The van der Waals surface area contributed by atoms with Crippen molar-refractivity contribution in [2.24, 2.45) is 0 Å². The quantitative estimate of drug-likeness (QED) is 0.491. The smallest absolute Gasteiger partial charge is 0.246 e. The number of rotatable bonds is 3. The van der Waals surface area contributed by atoms with E-state index in [1.807, 2.05) is 11.6 Å². The lowest BCUT2D eigenvalue weighted by Gasteiger charge is -2.42. The molecule has 2 saturated heterocycles. The molecule has 0 radical (unpaired) electrons. The fourth-order valence-corrected chi connectivity index (χ4v) is 8.57. The van der Waals surface area contributed by atoms with Crippen molar-refractivity contribution in [2.75, 3.05) is 31.6 Å². The molecule has 6 heterocycles. The molecule has 1 saturated carbocycles. The Morgan fingerprint density at radius 2 is 1.93 bits per heavy atom. The van der Waals surface area contributed by atoms with Gasteiger partial charge in [0.05, 0.1) is 23.1 Å². The Hall–Kier alpha value is -3.05. The van der Waals surface area contributed by atoms with Crippen molar-refractivity contribution in [1.29, 1.82) is 0 Å². The normalized spacial score (nSPS) is 32.1. The predicted octanol–water partition coefficient (Wildman–Crippen LogP) is 3.97. The van der Waals surface area contributed by atoms with E-state index in [-0.39, 0.29) is 17.9 Å². The van der Waals surface area contributed by atoms with Crippen molar-refractivity contribution in [3.8, 4) is 17.4 Å². The number of hydrogen-bond donors (Lipinski definition) is 1. The zero-order chi connectivity index (χ0) is 28.8. The number of fused-ring (bicyclic) bond motifs is 4. The van der Waals surface area contributed by atoms with Crippen LogP contribution < -0.4 is 9.64 Å². The Bertz CT molecular complexity index is 1560. The molecule has 1 unspecified atom stereocenters. The van der Waals surface area contributed by atoms with Gasteiger partial charge in [-0.1, -0.05) is 11.6 Å². The number of aliphatic hydroxyl groups is 1. The second-order valence-corrected chi connectivity index (χ2v) is 13.8. The number of anilines is 1. The fraction of sp³-hybridized carbons (Fsp3) is 0.710. The van der Waals surface area contributed by atoms with Crippen LogP contribution in [-0.2, 0) is 16.6 Å². The highest BCUT2D eigenvalue weighted by Gasteiger charge is 2.49. The molecule has 5 atom stereocenters. The number of aromatic nitrogens is 5. The van der Waals surface area contributed by atoms with Crippen LogP contribution in [0.5, 0.6) is 5.88 Å². The summed E-state index contributed by atoms with van der Waals surface area (Å²) < 4.78 is 14.5. The lowest BCUT2D eigenvalue weighted by atomic mass is 9.64. The van der Waals surface area contributed by atoms with Gasteiger partial charge in [-0.2, -0.15) is 0 Å². The van der Waals surface area contributed by atoms with Crippen molar-refractivity contribution in [3.05, 3.63) is 11.3 Å². The van der Waals surface area contributed by atoms with Crippen molar-refractivity contribution in [1.82, 2.24) is 29.8 Å². The van der Waals surface area contributed by atoms with E-state index in [9.17, 15) is 9.90 Å². The van der Waals surface area contributed by atoms with Crippen LogP contribution in [0.1, 0.15) is 95.4 Å². The van der Waals surface area contributed by atoms with Crippen LogP contribution in [0.15, 0.2) is 4.52 Å². The SMILES string of the molecule is C[C@@H]([C@@H]1CCCN1C)n1nc2c3c(nc(-c4noc5c4CCC[C@@]54CCCCC4=O)nc31)N1CC(C)(O)CC[C@@H]1CO2. The maximum atomic E-state index is 13.3. The second-order valence-electron chi connectivity index (χ2n) is 13.8. The van der Waals surface area contributed by atoms with E-state index in [1.54, 1.807) is 0 Å². The van der Waals surface area contributed by atoms with Crippen LogP contribution in [0.2, 0.25) is 0 Å². The minimum atomic E-state index is -0.838. The van der Waals surface area contributed by atoms with E-state index in [0.29, 0.717) is 49.4 Å². The second kappa shape index (κ2) is 9.47. The van der Waals surface area contributed by atoms with E-state index in [4.69, 9.17) is 24.3 Å². The Kier molecular flexibility index (Phi) is 5.99. The average Bonchev–Trinajstić information content (AvgIpc) is 3.68. The molecule has 42 heavy (non-hydrogen) atoms. The van der Waals surface area contributed by atoms with Crippen LogP contribution in [0.25, 0.3) is 22.6 Å². The number of ether oxygens (including phenoxy) is 1. The molecule has 3 aliphatic heterocycles. The summed E-state index contributed by atoms with van der Waals surface area (Å²) in [5, 5.41) is 21.6. The third-order valence-corrected chi connectivity index (χ3v) is 10.9. The molecule has 3 fully saturated rings. The third kappa shape index (κ3) is 3.88. The zero-order valence-electron chi connectivity index (χ0n) is 24.9. The molecule has 1 spiro atoms. The summed E-state index contributed by atoms with van der Waals surface area (Å²) in [7, 11) is 2.18. The van der Waals surface area contributed by atoms with Gasteiger partial charge < -0.3 is 24.2 Å². The Morgan fingerprint density at radius 3 is 2.74 bits per heavy atom. The maximum absolute atomic E-state index is 13.3. The molecule has 0 aromatic carbocycles. The molecule has 0 amide bonds. The van der Waals surface area contributed by atoms with Crippen LogP contribution in [0.4, 0.5) is 5.82 Å². The molecule has 0 bridgehead atoms. The topological polar surface area (TPSA) is 123 Å². The molecule has 1 N–H and O–H groups in total. The van der Waals surface area contributed by atoms with Gasteiger partial charge in [0.25, 0.3) is 0 Å². The van der Waals surface area contributed by atoms with Gasteiger partial charge in [-0.3, -0.25) is 4.79 Å². The van der Waals surface area contributed by atoms with Gasteiger partial charge in [-0.15, -0.1) is 5.10 Å². The van der Waals surface area contributed by atoms with Crippen molar-refractivity contribution in [2.45, 2.75) is 114 Å². The first-order valence-corrected chi connectivity index (χ1v) is 15.9. The van der Waals surface area contributed by atoms with Crippen LogP contribution in [-0.4, -0.2) is 85.1 Å². The maximum Gasteiger partial charge on any atom is 0.246 e. The Labute approximate surface area is 245 Å². The Balaban J connectivity index is 1.32. The molecule has 5 aliphatic rings. The molecule has 11 heteroatoms. The summed E-state index contributed by atoms with van der Waals surface area (Å²) in [6.07, 6.45) is 9.69. The standard InChI is InChI=1S/C31H41N7O4/c1-18(21-9-7-15-36(21)3)38-28-23-27(37-17-30(2,40)14-11-19(37)16-41-29(23)34-38)32-26(33-28)24-20-8-6-13-31(25(20)42-35-24)12-5-4-10-22(31)39/h18-19,21,40H,4-17H2,1-3H3/t18-,19+,21-,30?,31+/m0/s1. The summed E-state index contributed by atoms with van der Waals surface area (Å²) in [4.78, 5) is 28.3. The first kappa shape index (κ1) is 26.6. The number of Topliss-reactive ketones (excluding diaryl/α,β-unsaturated/α-hetero) is 1. The van der Waals surface area contributed by atoms with Gasteiger partial charge in [0.1, 0.15) is 23.6 Å². The largest absolute Gasteiger partial charge is 0.474 e. The van der Waals surface area contributed by atoms with Gasteiger partial charge in [-0.05, 0) is 85.2 Å². The summed E-state index contributed by atoms with van der Waals surface area (Å²) >= 11 is 0. The van der Waals surface area contributed by atoms with E-state index >= 15 is 0 Å². The van der Waals surface area contributed by atoms with E-state index in [1.165, 1.54) is 0 Å². The zero-order valence-corrected chi connectivity index (χ0v) is 24.9. The van der Waals surface area contributed by atoms with Gasteiger partial charge in [0.15, 0.2) is 22.9 Å². The molecule has 2 aliphatic carbocycles. The highest BCUT2D eigenvalue weighted by atomic mass is 16.5. The van der Waals surface area contributed by atoms with Gasteiger partial charge >= 0.3 is 0 Å². The molecule has 11 nitrogen and oxygen atoms in total. The number of carbonyl (C=O) groups excluding carboxylic acids is 1. The lowest BCUT2D eigenvalue weighted by molar-refractivity contribution is -0.128. The average molecular weight is 576 g/mol. The molecule has 224 valence electrons. The van der Waals surface area contributed by atoms with E-state index < -0.39 is 11.0 Å². The van der Waals surface area contributed by atoms with Gasteiger partial charge in [0.2, 0.25) is 5.88 Å². The summed E-state index contributed by atoms with van der Waals surface area (Å²) in [5.41, 5.74) is 0.930. The molecular formula is C31H41N7O4. The summed E-state index contributed by atoms with van der Waals surface area (Å²) in [6, 6.07) is 0.486. The first-order valence-electron chi connectivity index (χ1n) is 15.9. The van der Waals surface area contributed by atoms with Crippen LogP contribution >= 0.6 is 0 Å². The number of ketones is 1. The lowest BCUT2D eigenvalue weighted by Crippen LogP contribution is -2.53.